The molecule has 1 saturated heterocycles. The molecule has 0 spiro atoms. The fourth-order valence-electron chi connectivity index (χ4n) is 0.687. The van der Waals surface area contributed by atoms with Crippen molar-refractivity contribution in [3.05, 3.63) is 0 Å². The van der Waals surface area contributed by atoms with Gasteiger partial charge < -0.3 is 0 Å². The molecule has 0 unspecified atom stereocenters. The van der Waals surface area contributed by atoms with Gasteiger partial charge in [-0.25, -0.2) is 0 Å². The van der Waals surface area contributed by atoms with E-state index in [4.69, 9.17) is 0 Å². The Balaban J connectivity index is 0.000000360. The summed E-state index contributed by atoms with van der Waals surface area (Å²) in [6.07, 6.45) is 4.41. The van der Waals surface area contributed by atoms with E-state index >= 15 is 0 Å². The third-order valence-corrected chi connectivity index (χ3v) is 2.23. The van der Waals surface area contributed by atoms with Gasteiger partial charge in [-0.3, -0.25) is 0 Å². The molecule has 40 valence electrons. The summed E-state index contributed by atoms with van der Waals surface area (Å²) >= 11 is 2.09. The Morgan fingerprint density at radius 1 is 0.857 bits per heavy atom. The van der Waals surface area contributed by atoms with Crippen molar-refractivity contribution in [2.45, 2.75) is 19.3 Å². The molecule has 1 aliphatic rings. The van der Waals surface area contributed by atoms with Gasteiger partial charge in [-0.2, -0.15) is 11.8 Å². The first-order valence-electron chi connectivity index (χ1n) is 2.58. The summed E-state index contributed by atoms with van der Waals surface area (Å²) in [6, 6.07) is 0. The molecule has 0 amide bonds. The molecule has 1 aliphatic heterocycles. The van der Waals surface area contributed by atoms with E-state index in [-0.39, 0.29) is 21.7 Å². The van der Waals surface area contributed by atoms with Crippen LogP contribution in [0.5, 0.6) is 0 Å². The number of hydrogen-bond donors (Lipinski definition) is 0. The molecule has 0 aromatic heterocycles. The van der Waals surface area contributed by atoms with E-state index < -0.39 is 0 Å². The quantitative estimate of drug-likeness (QED) is 0.475. The Morgan fingerprint density at radius 3 is 1.57 bits per heavy atom. The molecule has 0 aromatic rings. The number of thioether (sulfide) groups is 1. The fraction of sp³-hybridized carbons (Fsp3) is 1.00. The van der Waals surface area contributed by atoms with Gasteiger partial charge in [0.15, 0.2) is 0 Å². The predicted octanol–water partition coefficient (Wildman–Crippen LogP) is 1.90. The molecule has 2 heteroatoms. The van der Waals surface area contributed by atoms with Crippen LogP contribution in [0, 0.1) is 0 Å². The third kappa shape index (κ3) is 3.63. The van der Waals surface area contributed by atoms with Gasteiger partial charge in [-0.05, 0) is 24.3 Å². The van der Waals surface area contributed by atoms with E-state index in [0.717, 1.165) is 0 Å². The Morgan fingerprint density at radius 2 is 1.43 bits per heavy atom. The Kier molecular flexibility index (Phi) is 6.00. The van der Waals surface area contributed by atoms with Crippen LogP contribution in [-0.4, -0.2) is 11.5 Å². The number of rotatable bonds is 0. The zero-order valence-corrected chi connectivity index (χ0v) is 6.82. The van der Waals surface area contributed by atoms with Crippen LogP contribution in [0.15, 0.2) is 0 Å². The molecule has 0 bridgehead atoms. The third-order valence-electron chi connectivity index (χ3n) is 1.08. The Bertz CT molecular complexity index is 23.6. The minimum atomic E-state index is 0. The van der Waals surface area contributed by atoms with E-state index in [2.05, 4.69) is 11.8 Å². The van der Waals surface area contributed by atoms with Crippen LogP contribution in [-0.2, 0) is 21.7 Å². The molecular formula is C5H10STi. The van der Waals surface area contributed by atoms with E-state index in [1.54, 1.807) is 0 Å². The molecule has 1 fully saturated rings. The molecule has 7 heavy (non-hydrogen) atoms. The van der Waals surface area contributed by atoms with Crippen molar-refractivity contribution >= 4 is 11.8 Å². The van der Waals surface area contributed by atoms with Crippen molar-refractivity contribution in [3.63, 3.8) is 0 Å². The average molecular weight is 150 g/mol. The van der Waals surface area contributed by atoms with Gasteiger partial charge in [0.05, 0.1) is 0 Å². The zero-order chi connectivity index (χ0) is 4.24. The molecular weight excluding hydrogens is 140 g/mol. The van der Waals surface area contributed by atoms with Crippen LogP contribution < -0.4 is 0 Å². The zero-order valence-electron chi connectivity index (χ0n) is 4.44. The standard InChI is InChI=1S/C5H10S.Ti/c1-2-4-6-5-3-1;/h1-5H2;. The molecule has 1 heterocycles. The van der Waals surface area contributed by atoms with E-state index in [0.29, 0.717) is 0 Å². The SMILES string of the molecule is C1CCSCC1.[Ti]. The van der Waals surface area contributed by atoms with E-state index in [1.165, 1.54) is 30.8 Å². The molecule has 0 atom stereocenters. The minimum Gasteiger partial charge on any atom is -0.162 e. The second kappa shape index (κ2) is 5.21. The van der Waals surface area contributed by atoms with Gasteiger partial charge in [-0.15, -0.1) is 0 Å². The maximum Gasteiger partial charge on any atom is 0 e. The van der Waals surface area contributed by atoms with Crippen molar-refractivity contribution in [2.24, 2.45) is 0 Å². The topological polar surface area (TPSA) is 0 Å². The molecule has 1 rings (SSSR count). The van der Waals surface area contributed by atoms with E-state index in [1.807, 2.05) is 0 Å². The summed E-state index contributed by atoms with van der Waals surface area (Å²) in [5.41, 5.74) is 0. The Hall–Kier alpha value is 1.06. The minimum absolute atomic E-state index is 0. The summed E-state index contributed by atoms with van der Waals surface area (Å²) in [6.45, 7) is 0. The molecule has 0 aromatic carbocycles. The summed E-state index contributed by atoms with van der Waals surface area (Å²) in [7, 11) is 0. The monoisotopic (exact) mass is 150 g/mol. The molecule has 0 radical (unpaired) electrons. The van der Waals surface area contributed by atoms with Crippen LogP contribution in [0.1, 0.15) is 19.3 Å². The average Bonchev–Trinajstić information content (AvgIpc) is 1.72. The first-order chi connectivity index (χ1) is 3.00. The van der Waals surface area contributed by atoms with Gasteiger partial charge in [0, 0.05) is 21.7 Å². The largest absolute Gasteiger partial charge is 0.162 e. The second-order valence-corrected chi connectivity index (χ2v) is 2.90. The van der Waals surface area contributed by atoms with Crippen molar-refractivity contribution in [1.29, 1.82) is 0 Å². The molecule has 0 nitrogen and oxygen atoms in total. The van der Waals surface area contributed by atoms with E-state index in [9.17, 15) is 0 Å². The second-order valence-electron chi connectivity index (χ2n) is 1.67. The summed E-state index contributed by atoms with van der Waals surface area (Å²) in [5.74, 6) is 2.83. The van der Waals surface area contributed by atoms with Gasteiger partial charge in [-0.1, -0.05) is 6.42 Å². The fourth-order valence-corrected chi connectivity index (χ4v) is 1.71. The summed E-state index contributed by atoms with van der Waals surface area (Å²) in [5, 5.41) is 0. The van der Waals surface area contributed by atoms with Gasteiger partial charge in [0.25, 0.3) is 0 Å². The van der Waals surface area contributed by atoms with Crippen molar-refractivity contribution in [2.75, 3.05) is 11.5 Å². The molecule has 0 saturated carbocycles. The van der Waals surface area contributed by atoms with Crippen LogP contribution in [0.25, 0.3) is 0 Å². The van der Waals surface area contributed by atoms with Crippen molar-refractivity contribution in [1.82, 2.24) is 0 Å². The predicted molar refractivity (Wildman–Crippen MR) is 31.2 cm³/mol. The Labute approximate surface area is 64.3 Å². The number of hydrogen-bond acceptors (Lipinski definition) is 1. The van der Waals surface area contributed by atoms with Crippen molar-refractivity contribution in [3.8, 4) is 0 Å². The van der Waals surface area contributed by atoms with Gasteiger partial charge >= 0.3 is 0 Å². The summed E-state index contributed by atoms with van der Waals surface area (Å²) in [4.78, 5) is 0. The molecule has 0 N–H and O–H groups in total. The van der Waals surface area contributed by atoms with Crippen LogP contribution in [0.3, 0.4) is 0 Å². The maximum atomic E-state index is 2.09. The normalized spacial score (nSPS) is 20.6. The van der Waals surface area contributed by atoms with Crippen molar-refractivity contribution < 1.29 is 21.7 Å². The maximum absolute atomic E-state index is 2.09. The van der Waals surface area contributed by atoms with Gasteiger partial charge in [0.1, 0.15) is 0 Å². The van der Waals surface area contributed by atoms with Crippen LogP contribution >= 0.6 is 11.8 Å². The van der Waals surface area contributed by atoms with Crippen LogP contribution in [0.4, 0.5) is 0 Å². The molecule has 0 aliphatic carbocycles. The van der Waals surface area contributed by atoms with Gasteiger partial charge in [0.2, 0.25) is 0 Å². The summed E-state index contributed by atoms with van der Waals surface area (Å²) < 4.78 is 0. The smallest absolute Gasteiger partial charge is 0 e. The first kappa shape index (κ1) is 8.06. The first-order valence-corrected chi connectivity index (χ1v) is 3.73. The van der Waals surface area contributed by atoms with Crippen LogP contribution in [0.2, 0.25) is 0 Å².